The van der Waals surface area contributed by atoms with Crippen LogP contribution in [0.2, 0.25) is 0 Å². The molecule has 0 saturated carbocycles. The van der Waals surface area contributed by atoms with Gasteiger partial charge in [-0.1, -0.05) is 24.3 Å². The summed E-state index contributed by atoms with van der Waals surface area (Å²) in [6, 6.07) is 9.37. The van der Waals surface area contributed by atoms with E-state index in [1.807, 2.05) is 31.2 Å². The van der Waals surface area contributed by atoms with Crippen molar-refractivity contribution in [3.8, 4) is 17.3 Å². The van der Waals surface area contributed by atoms with E-state index in [0.29, 0.717) is 24.9 Å². The van der Waals surface area contributed by atoms with Crippen molar-refractivity contribution in [3.05, 3.63) is 46.2 Å². The third kappa shape index (κ3) is 1.53. The van der Waals surface area contributed by atoms with Gasteiger partial charge < -0.3 is 4.74 Å². The summed E-state index contributed by atoms with van der Waals surface area (Å²) in [4.78, 5) is 16.3. The van der Waals surface area contributed by atoms with E-state index in [0.717, 1.165) is 11.1 Å². The van der Waals surface area contributed by atoms with Gasteiger partial charge in [-0.15, -0.1) is 0 Å². The second kappa shape index (κ2) is 3.73. The molecule has 2 aromatic rings. The molecule has 2 heterocycles. The number of fused-ring (bicyclic) bond motifs is 3. The van der Waals surface area contributed by atoms with E-state index in [4.69, 9.17) is 4.74 Å². The van der Waals surface area contributed by atoms with Crippen LogP contribution in [0, 0.1) is 0 Å². The van der Waals surface area contributed by atoms with E-state index in [2.05, 4.69) is 4.98 Å². The lowest BCUT2D eigenvalue weighted by molar-refractivity contribution is 0.325. The van der Waals surface area contributed by atoms with Gasteiger partial charge in [0, 0.05) is 5.56 Å². The Morgan fingerprint density at radius 1 is 1.41 bits per heavy atom. The van der Waals surface area contributed by atoms with Crippen LogP contribution >= 0.6 is 0 Å². The average molecular weight is 228 g/mol. The fourth-order valence-electron chi connectivity index (χ4n) is 2.11. The molecular weight excluding hydrogens is 216 g/mol. The molecule has 0 aliphatic carbocycles. The molecule has 1 aliphatic rings. The summed E-state index contributed by atoms with van der Waals surface area (Å²) >= 11 is 0. The summed E-state index contributed by atoms with van der Waals surface area (Å²) in [5, 5.41) is 0. The molecule has 0 radical (unpaired) electrons. The van der Waals surface area contributed by atoms with E-state index in [9.17, 15) is 4.79 Å². The molecule has 1 aromatic carbocycles. The lowest BCUT2D eigenvalue weighted by Crippen LogP contribution is -2.19. The summed E-state index contributed by atoms with van der Waals surface area (Å²) in [5.41, 5.74) is 2.09. The van der Waals surface area contributed by atoms with Gasteiger partial charge in [-0.25, -0.2) is 0 Å². The fourth-order valence-corrected chi connectivity index (χ4v) is 2.11. The number of hydrogen-bond donors (Lipinski definition) is 0. The monoisotopic (exact) mass is 228 g/mol. The van der Waals surface area contributed by atoms with Crippen LogP contribution in [0.5, 0.6) is 5.88 Å². The minimum absolute atomic E-state index is 0.0605. The lowest BCUT2D eigenvalue weighted by atomic mass is 10.1. The van der Waals surface area contributed by atoms with Crippen LogP contribution in [-0.2, 0) is 6.54 Å². The minimum Gasteiger partial charge on any atom is -0.478 e. The zero-order valence-electron chi connectivity index (χ0n) is 9.51. The van der Waals surface area contributed by atoms with Gasteiger partial charge in [-0.05, 0) is 12.5 Å². The van der Waals surface area contributed by atoms with Gasteiger partial charge in [-0.3, -0.25) is 9.36 Å². The molecule has 0 bridgehead atoms. The Labute approximate surface area is 98.5 Å². The van der Waals surface area contributed by atoms with Crippen LogP contribution in [0.4, 0.5) is 0 Å². The molecule has 0 atom stereocenters. The zero-order chi connectivity index (χ0) is 11.8. The zero-order valence-corrected chi connectivity index (χ0v) is 9.51. The molecule has 4 heteroatoms. The van der Waals surface area contributed by atoms with Crippen molar-refractivity contribution >= 4 is 0 Å². The van der Waals surface area contributed by atoms with Gasteiger partial charge in [0.15, 0.2) is 0 Å². The highest BCUT2D eigenvalue weighted by Gasteiger charge is 2.21. The van der Waals surface area contributed by atoms with Crippen LogP contribution < -0.4 is 10.3 Å². The van der Waals surface area contributed by atoms with Crippen LogP contribution in [0.25, 0.3) is 11.4 Å². The number of rotatable bonds is 2. The Kier molecular flexibility index (Phi) is 2.21. The van der Waals surface area contributed by atoms with Gasteiger partial charge in [0.2, 0.25) is 5.88 Å². The Morgan fingerprint density at radius 2 is 2.24 bits per heavy atom. The van der Waals surface area contributed by atoms with E-state index < -0.39 is 0 Å². The van der Waals surface area contributed by atoms with Gasteiger partial charge in [-0.2, -0.15) is 4.98 Å². The first kappa shape index (κ1) is 10.1. The molecule has 0 unspecified atom stereocenters. The van der Waals surface area contributed by atoms with E-state index in [1.165, 1.54) is 6.07 Å². The Hall–Kier alpha value is -2.10. The van der Waals surface area contributed by atoms with Crippen molar-refractivity contribution in [2.45, 2.75) is 13.5 Å². The predicted molar refractivity (Wildman–Crippen MR) is 64.2 cm³/mol. The number of benzene rings is 1. The van der Waals surface area contributed by atoms with Gasteiger partial charge in [0.05, 0.1) is 19.2 Å². The summed E-state index contributed by atoms with van der Waals surface area (Å²) in [5.74, 6) is 1.11. The molecule has 0 N–H and O–H groups in total. The molecule has 86 valence electrons. The molecule has 0 spiro atoms. The first-order valence-corrected chi connectivity index (χ1v) is 5.62. The summed E-state index contributed by atoms with van der Waals surface area (Å²) in [7, 11) is 0. The molecule has 1 aliphatic heterocycles. The van der Waals surface area contributed by atoms with Crippen molar-refractivity contribution in [1.29, 1.82) is 0 Å². The normalized spacial score (nSPS) is 12.1. The topological polar surface area (TPSA) is 44.1 Å². The maximum Gasteiger partial charge on any atom is 0.257 e. The number of nitrogens with zero attached hydrogens (tertiary/aromatic N) is 2. The van der Waals surface area contributed by atoms with Gasteiger partial charge in [0.1, 0.15) is 5.82 Å². The highest BCUT2D eigenvalue weighted by atomic mass is 16.5. The van der Waals surface area contributed by atoms with Crippen molar-refractivity contribution < 1.29 is 4.74 Å². The Morgan fingerprint density at radius 3 is 3.06 bits per heavy atom. The second-order valence-corrected chi connectivity index (χ2v) is 3.93. The maximum absolute atomic E-state index is 11.9. The summed E-state index contributed by atoms with van der Waals surface area (Å²) in [6.07, 6.45) is 0. The first-order valence-electron chi connectivity index (χ1n) is 5.62. The number of ether oxygens (including phenoxy) is 1. The predicted octanol–water partition coefficient (Wildman–Crippen LogP) is 1.67. The highest BCUT2D eigenvalue weighted by Crippen LogP contribution is 2.29. The SMILES string of the molecule is CCOc1cc(=O)n2c(n1)-c1ccccc1C2. The first-order chi connectivity index (χ1) is 8.29. The number of hydrogen-bond acceptors (Lipinski definition) is 3. The Balaban J connectivity index is 2.21. The van der Waals surface area contributed by atoms with Crippen molar-refractivity contribution in [1.82, 2.24) is 9.55 Å². The van der Waals surface area contributed by atoms with Gasteiger partial charge >= 0.3 is 0 Å². The van der Waals surface area contributed by atoms with E-state index in [1.54, 1.807) is 4.57 Å². The smallest absolute Gasteiger partial charge is 0.257 e. The van der Waals surface area contributed by atoms with Crippen molar-refractivity contribution in [2.75, 3.05) is 6.61 Å². The molecule has 17 heavy (non-hydrogen) atoms. The summed E-state index contributed by atoms with van der Waals surface area (Å²) < 4.78 is 6.98. The molecule has 1 aromatic heterocycles. The molecule has 0 amide bonds. The molecule has 3 rings (SSSR count). The standard InChI is InChI=1S/C13H12N2O2/c1-2-17-11-7-12(16)15-8-9-5-3-4-6-10(9)13(15)14-11/h3-7H,2,8H2,1H3. The maximum atomic E-state index is 11.9. The fraction of sp³-hybridized carbons (Fsp3) is 0.231. The summed E-state index contributed by atoms with van der Waals surface area (Å²) in [6.45, 7) is 2.99. The minimum atomic E-state index is -0.0605. The van der Waals surface area contributed by atoms with Crippen LogP contribution in [0.1, 0.15) is 12.5 Å². The molecule has 0 saturated heterocycles. The van der Waals surface area contributed by atoms with E-state index in [-0.39, 0.29) is 5.56 Å². The van der Waals surface area contributed by atoms with Crippen LogP contribution in [0.15, 0.2) is 35.1 Å². The Bertz CT molecular complexity index is 632. The lowest BCUT2D eigenvalue weighted by Gasteiger charge is -2.05. The molecule has 0 fully saturated rings. The average Bonchev–Trinajstić information content (AvgIpc) is 2.69. The van der Waals surface area contributed by atoms with Gasteiger partial charge in [0.25, 0.3) is 5.56 Å². The highest BCUT2D eigenvalue weighted by molar-refractivity contribution is 5.64. The van der Waals surface area contributed by atoms with Crippen molar-refractivity contribution in [3.63, 3.8) is 0 Å². The van der Waals surface area contributed by atoms with Crippen LogP contribution in [-0.4, -0.2) is 16.2 Å². The largest absolute Gasteiger partial charge is 0.478 e. The van der Waals surface area contributed by atoms with Crippen molar-refractivity contribution in [2.24, 2.45) is 0 Å². The van der Waals surface area contributed by atoms with E-state index >= 15 is 0 Å². The third-order valence-electron chi connectivity index (χ3n) is 2.86. The third-order valence-corrected chi connectivity index (χ3v) is 2.86. The molecular formula is C13H12N2O2. The molecule has 4 nitrogen and oxygen atoms in total. The quantitative estimate of drug-likeness (QED) is 0.670. The second-order valence-electron chi connectivity index (χ2n) is 3.93. The number of aromatic nitrogens is 2. The van der Waals surface area contributed by atoms with Crippen LogP contribution in [0.3, 0.4) is 0 Å².